The molecule has 2 N–H and O–H groups in total. The number of carboxylic acids is 1. The minimum atomic E-state index is -0.788. The van der Waals surface area contributed by atoms with Crippen molar-refractivity contribution < 1.29 is 19.7 Å². The molecule has 4 nitrogen and oxygen atoms in total. The molecule has 1 heterocycles. The first-order valence-corrected chi connectivity index (χ1v) is 4.65. The quantitative estimate of drug-likeness (QED) is 0.648. The van der Waals surface area contributed by atoms with E-state index in [1.807, 2.05) is 0 Å². The van der Waals surface area contributed by atoms with Crippen LogP contribution in [0.15, 0.2) is 0 Å². The highest BCUT2D eigenvalue weighted by Crippen LogP contribution is 2.45. The molecule has 1 saturated carbocycles. The molecule has 0 amide bonds. The van der Waals surface area contributed by atoms with E-state index in [-0.39, 0.29) is 11.8 Å². The van der Waals surface area contributed by atoms with Gasteiger partial charge in [0.15, 0.2) is 0 Å². The number of rotatable bonds is 2. The van der Waals surface area contributed by atoms with Crippen LogP contribution >= 0.6 is 0 Å². The molecule has 13 heavy (non-hydrogen) atoms. The normalized spacial score (nSPS) is 44.4. The Morgan fingerprint density at radius 1 is 1.46 bits per heavy atom. The van der Waals surface area contributed by atoms with Gasteiger partial charge >= 0.3 is 5.97 Å². The molecule has 0 radical (unpaired) electrons. The number of ether oxygens (including phenoxy) is 1. The van der Waals surface area contributed by atoms with Crippen molar-refractivity contribution in [3.63, 3.8) is 0 Å². The molecular weight excluding hydrogens is 172 g/mol. The van der Waals surface area contributed by atoms with Crippen molar-refractivity contribution in [2.45, 2.75) is 24.9 Å². The molecule has 0 aromatic carbocycles. The first-order valence-electron chi connectivity index (χ1n) is 4.65. The second-order valence-electron chi connectivity index (χ2n) is 4.11. The largest absolute Gasteiger partial charge is 0.481 e. The Morgan fingerprint density at radius 2 is 2.15 bits per heavy atom. The highest BCUT2D eigenvalue weighted by atomic mass is 16.5. The molecule has 0 bridgehead atoms. The summed E-state index contributed by atoms with van der Waals surface area (Å²) in [4.78, 5) is 10.5. The summed E-state index contributed by atoms with van der Waals surface area (Å²) in [5.74, 6) is -0.975. The highest BCUT2D eigenvalue weighted by Gasteiger charge is 2.51. The highest BCUT2D eigenvalue weighted by molar-refractivity contribution is 5.71. The Kier molecular flexibility index (Phi) is 2.04. The topological polar surface area (TPSA) is 66.8 Å². The van der Waals surface area contributed by atoms with Gasteiger partial charge in [0.1, 0.15) is 0 Å². The van der Waals surface area contributed by atoms with Crippen molar-refractivity contribution in [1.82, 2.24) is 0 Å². The monoisotopic (exact) mass is 186 g/mol. The van der Waals surface area contributed by atoms with Crippen molar-refractivity contribution in [2.24, 2.45) is 11.8 Å². The van der Waals surface area contributed by atoms with Gasteiger partial charge in [-0.25, -0.2) is 0 Å². The summed E-state index contributed by atoms with van der Waals surface area (Å²) in [6, 6.07) is 0. The van der Waals surface area contributed by atoms with Gasteiger partial charge in [-0.15, -0.1) is 0 Å². The summed E-state index contributed by atoms with van der Waals surface area (Å²) in [6.45, 7) is 1.29. The predicted molar refractivity (Wildman–Crippen MR) is 44.2 cm³/mol. The van der Waals surface area contributed by atoms with E-state index in [2.05, 4.69) is 0 Å². The third kappa shape index (κ3) is 1.44. The van der Waals surface area contributed by atoms with Crippen LogP contribution in [0.2, 0.25) is 0 Å². The number of carboxylic acid groups (broad SMARTS) is 1. The van der Waals surface area contributed by atoms with E-state index in [0.717, 1.165) is 6.42 Å². The summed E-state index contributed by atoms with van der Waals surface area (Å²) in [6.07, 6.45) is 1.66. The Hall–Kier alpha value is -0.610. The van der Waals surface area contributed by atoms with Crippen LogP contribution in [0.1, 0.15) is 19.3 Å². The van der Waals surface area contributed by atoms with E-state index >= 15 is 0 Å². The molecule has 0 aromatic rings. The van der Waals surface area contributed by atoms with E-state index in [1.165, 1.54) is 0 Å². The smallest absolute Gasteiger partial charge is 0.306 e. The molecule has 2 aliphatic rings. The molecule has 0 spiro atoms. The van der Waals surface area contributed by atoms with Crippen LogP contribution < -0.4 is 0 Å². The molecule has 0 aromatic heterocycles. The molecule has 74 valence electrons. The lowest BCUT2D eigenvalue weighted by Gasteiger charge is -2.45. The molecule has 1 unspecified atom stereocenters. The molecule has 1 saturated heterocycles. The van der Waals surface area contributed by atoms with Crippen LogP contribution in [0.3, 0.4) is 0 Å². The van der Waals surface area contributed by atoms with Crippen molar-refractivity contribution in [2.75, 3.05) is 13.2 Å². The number of aliphatic hydroxyl groups is 1. The zero-order valence-electron chi connectivity index (χ0n) is 7.40. The molecule has 1 atom stereocenters. The SMILES string of the molecule is O=C(O)C1CC(O)(C2CCOC2)C1. The molecule has 1 aliphatic heterocycles. The molecular formula is C9H14O4. The Morgan fingerprint density at radius 3 is 2.62 bits per heavy atom. The second kappa shape index (κ2) is 2.96. The Labute approximate surface area is 76.5 Å². The molecule has 2 fully saturated rings. The zero-order valence-corrected chi connectivity index (χ0v) is 7.40. The number of aliphatic carboxylic acids is 1. The third-order valence-electron chi connectivity index (χ3n) is 3.24. The molecule has 1 aliphatic carbocycles. The lowest BCUT2D eigenvalue weighted by atomic mass is 9.64. The first-order chi connectivity index (χ1) is 6.12. The molecule has 4 heteroatoms. The van der Waals surface area contributed by atoms with Crippen molar-refractivity contribution in [3.05, 3.63) is 0 Å². The van der Waals surface area contributed by atoms with Gasteiger partial charge in [0.05, 0.1) is 18.1 Å². The van der Waals surface area contributed by atoms with Gasteiger partial charge < -0.3 is 14.9 Å². The minimum absolute atomic E-state index is 0.156. The van der Waals surface area contributed by atoms with E-state index in [0.29, 0.717) is 26.1 Å². The van der Waals surface area contributed by atoms with Crippen LogP contribution in [0.5, 0.6) is 0 Å². The van der Waals surface area contributed by atoms with Gasteiger partial charge in [-0.2, -0.15) is 0 Å². The van der Waals surface area contributed by atoms with Crippen molar-refractivity contribution >= 4 is 5.97 Å². The van der Waals surface area contributed by atoms with Crippen LogP contribution in [0, 0.1) is 11.8 Å². The fraction of sp³-hybridized carbons (Fsp3) is 0.889. The van der Waals surface area contributed by atoms with Gasteiger partial charge in [-0.1, -0.05) is 0 Å². The van der Waals surface area contributed by atoms with Gasteiger partial charge in [-0.05, 0) is 19.3 Å². The maximum atomic E-state index is 10.5. The fourth-order valence-corrected chi connectivity index (χ4v) is 2.26. The van der Waals surface area contributed by atoms with Crippen molar-refractivity contribution in [3.8, 4) is 0 Å². The van der Waals surface area contributed by atoms with Gasteiger partial charge in [-0.3, -0.25) is 4.79 Å². The summed E-state index contributed by atoms with van der Waals surface area (Å²) in [7, 11) is 0. The van der Waals surface area contributed by atoms with Crippen LogP contribution in [0.25, 0.3) is 0 Å². The lowest BCUT2D eigenvalue weighted by Crippen LogP contribution is -2.52. The first kappa shape index (κ1) is 8.97. The maximum Gasteiger partial charge on any atom is 0.306 e. The summed E-state index contributed by atoms with van der Waals surface area (Å²) < 4.78 is 5.17. The average molecular weight is 186 g/mol. The van der Waals surface area contributed by atoms with Gasteiger partial charge in [0, 0.05) is 12.5 Å². The average Bonchev–Trinajstić information content (AvgIpc) is 2.49. The summed E-state index contributed by atoms with van der Waals surface area (Å²) >= 11 is 0. The van der Waals surface area contributed by atoms with E-state index in [4.69, 9.17) is 9.84 Å². The fourth-order valence-electron chi connectivity index (χ4n) is 2.26. The predicted octanol–water partition coefficient (Wildman–Crippen LogP) is 0.249. The van der Waals surface area contributed by atoms with Crippen molar-refractivity contribution in [1.29, 1.82) is 0 Å². The summed E-state index contributed by atoms with van der Waals surface area (Å²) in [5.41, 5.74) is -0.750. The van der Waals surface area contributed by atoms with E-state index in [1.54, 1.807) is 0 Å². The van der Waals surface area contributed by atoms with Gasteiger partial charge in [0.25, 0.3) is 0 Å². The van der Waals surface area contributed by atoms with Crippen LogP contribution in [-0.4, -0.2) is 35.0 Å². The lowest BCUT2D eigenvalue weighted by molar-refractivity contribution is -0.166. The Bertz CT molecular complexity index is 214. The van der Waals surface area contributed by atoms with Crippen LogP contribution in [-0.2, 0) is 9.53 Å². The zero-order chi connectivity index (χ0) is 9.47. The number of hydrogen-bond donors (Lipinski definition) is 2. The number of hydrogen-bond acceptors (Lipinski definition) is 3. The maximum absolute atomic E-state index is 10.5. The van der Waals surface area contributed by atoms with Crippen LogP contribution in [0.4, 0.5) is 0 Å². The standard InChI is InChI=1S/C9H14O4/c10-8(11)6-3-9(12,4-6)7-1-2-13-5-7/h6-7,12H,1-5H2,(H,10,11). The van der Waals surface area contributed by atoms with Gasteiger partial charge in [0.2, 0.25) is 0 Å². The van der Waals surface area contributed by atoms with E-state index in [9.17, 15) is 9.90 Å². The molecule has 2 rings (SSSR count). The third-order valence-corrected chi connectivity index (χ3v) is 3.24. The minimum Gasteiger partial charge on any atom is -0.481 e. The number of carbonyl (C=O) groups is 1. The summed E-state index contributed by atoms with van der Waals surface area (Å²) in [5, 5.41) is 18.7. The Balaban J connectivity index is 1.90. The van der Waals surface area contributed by atoms with E-state index < -0.39 is 11.6 Å². The second-order valence-corrected chi connectivity index (χ2v) is 4.11.